The van der Waals surface area contributed by atoms with E-state index in [0.717, 1.165) is 64.5 Å². The zero-order chi connectivity index (χ0) is 17.9. The Morgan fingerprint density at radius 2 is 1.88 bits per heavy atom. The van der Waals surface area contributed by atoms with Crippen LogP contribution in [0.25, 0.3) is 0 Å². The van der Waals surface area contributed by atoms with Gasteiger partial charge in [0.25, 0.3) is 0 Å². The molecule has 1 saturated heterocycles. The van der Waals surface area contributed by atoms with Gasteiger partial charge in [-0.3, -0.25) is 9.89 Å². The first-order valence-corrected chi connectivity index (χ1v) is 10.2. The molecule has 1 unspecified atom stereocenters. The molecule has 0 radical (unpaired) electrons. The van der Waals surface area contributed by atoms with E-state index in [1.807, 2.05) is 0 Å². The molecule has 2 aliphatic rings. The van der Waals surface area contributed by atoms with Crippen molar-refractivity contribution in [1.29, 1.82) is 0 Å². The molecule has 26 heavy (non-hydrogen) atoms. The molecule has 6 nitrogen and oxygen atoms in total. The Balaban J connectivity index is 0.00000338. The SMILES string of the molecule is CCNC(=NCC(C)N1CCOCC1)NCCN(C)C1CCCCC1.I. The molecule has 0 aromatic carbocycles. The minimum Gasteiger partial charge on any atom is -0.379 e. The third-order valence-electron chi connectivity index (χ3n) is 5.48. The highest BCUT2D eigenvalue weighted by Gasteiger charge is 2.18. The van der Waals surface area contributed by atoms with E-state index in [1.165, 1.54) is 32.1 Å². The summed E-state index contributed by atoms with van der Waals surface area (Å²) in [4.78, 5) is 9.78. The Bertz CT molecular complexity index is 384. The molecular formula is C19H40IN5O. The summed E-state index contributed by atoms with van der Waals surface area (Å²) >= 11 is 0. The molecule has 7 heteroatoms. The third-order valence-corrected chi connectivity index (χ3v) is 5.48. The standard InChI is InChI=1S/C19H39N5O.HI/c1-4-20-19(22-16-17(2)24-12-14-25-15-13-24)21-10-11-23(3)18-8-6-5-7-9-18;/h17-18H,4-16H2,1-3H3,(H2,20,21,22);1H. The van der Waals surface area contributed by atoms with Gasteiger partial charge in [-0.25, -0.2) is 0 Å². The summed E-state index contributed by atoms with van der Waals surface area (Å²) in [7, 11) is 2.27. The number of halogens is 1. The normalized spacial score (nSPS) is 21.3. The molecule has 154 valence electrons. The Hall–Kier alpha value is -0.120. The number of hydrogen-bond donors (Lipinski definition) is 2. The fourth-order valence-electron chi connectivity index (χ4n) is 3.75. The predicted molar refractivity (Wildman–Crippen MR) is 121 cm³/mol. The van der Waals surface area contributed by atoms with E-state index in [4.69, 9.17) is 9.73 Å². The van der Waals surface area contributed by atoms with Crippen molar-refractivity contribution in [2.24, 2.45) is 4.99 Å². The predicted octanol–water partition coefficient (Wildman–Crippen LogP) is 2.14. The van der Waals surface area contributed by atoms with Crippen LogP contribution in [0.5, 0.6) is 0 Å². The van der Waals surface area contributed by atoms with Crippen molar-refractivity contribution in [2.75, 3.05) is 59.5 Å². The van der Waals surface area contributed by atoms with Gasteiger partial charge in [-0.2, -0.15) is 0 Å². The summed E-state index contributed by atoms with van der Waals surface area (Å²) in [6.07, 6.45) is 6.93. The van der Waals surface area contributed by atoms with Crippen LogP contribution < -0.4 is 10.6 Å². The van der Waals surface area contributed by atoms with Crippen LogP contribution >= 0.6 is 24.0 Å². The summed E-state index contributed by atoms with van der Waals surface area (Å²) < 4.78 is 5.43. The minimum absolute atomic E-state index is 0. The molecule has 1 aliphatic carbocycles. The van der Waals surface area contributed by atoms with Gasteiger partial charge in [-0.05, 0) is 33.7 Å². The Kier molecular flexibility index (Phi) is 12.8. The smallest absolute Gasteiger partial charge is 0.191 e. The Morgan fingerprint density at radius 1 is 1.19 bits per heavy atom. The lowest BCUT2D eigenvalue weighted by Gasteiger charge is -2.32. The zero-order valence-corrected chi connectivity index (χ0v) is 19.3. The van der Waals surface area contributed by atoms with E-state index < -0.39 is 0 Å². The van der Waals surface area contributed by atoms with Crippen molar-refractivity contribution in [3.05, 3.63) is 0 Å². The summed E-state index contributed by atoms with van der Waals surface area (Å²) in [5.74, 6) is 0.944. The lowest BCUT2D eigenvalue weighted by atomic mass is 9.94. The number of guanidine groups is 1. The molecule has 2 N–H and O–H groups in total. The van der Waals surface area contributed by atoms with Gasteiger partial charge in [0.15, 0.2) is 5.96 Å². The van der Waals surface area contributed by atoms with E-state index in [0.29, 0.717) is 6.04 Å². The number of aliphatic imine (C=N–C) groups is 1. The Morgan fingerprint density at radius 3 is 2.54 bits per heavy atom. The van der Waals surface area contributed by atoms with Crippen molar-refractivity contribution in [2.45, 2.75) is 58.0 Å². The topological polar surface area (TPSA) is 52.1 Å². The highest BCUT2D eigenvalue weighted by atomic mass is 127. The molecule has 0 spiro atoms. The molecule has 2 fully saturated rings. The number of hydrogen-bond acceptors (Lipinski definition) is 4. The highest BCUT2D eigenvalue weighted by molar-refractivity contribution is 14.0. The van der Waals surface area contributed by atoms with Crippen LogP contribution in [-0.2, 0) is 4.74 Å². The van der Waals surface area contributed by atoms with E-state index >= 15 is 0 Å². The molecule has 2 rings (SSSR count). The van der Waals surface area contributed by atoms with Crippen LogP contribution in [0.2, 0.25) is 0 Å². The number of likely N-dealkylation sites (N-methyl/N-ethyl adjacent to an activating group) is 1. The first-order valence-electron chi connectivity index (χ1n) is 10.2. The summed E-state index contributed by atoms with van der Waals surface area (Å²) in [5, 5.41) is 6.87. The molecule has 0 aromatic heterocycles. The molecule has 0 amide bonds. The number of nitrogens with one attached hydrogen (secondary N) is 2. The quantitative estimate of drug-likeness (QED) is 0.316. The van der Waals surface area contributed by atoms with Crippen molar-refractivity contribution >= 4 is 29.9 Å². The maximum atomic E-state index is 5.43. The third kappa shape index (κ3) is 8.71. The van der Waals surface area contributed by atoms with Crippen LogP contribution in [0.1, 0.15) is 46.0 Å². The second-order valence-electron chi connectivity index (χ2n) is 7.42. The summed E-state index contributed by atoms with van der Waals surface area (Å²) in [6.45, 7) is 11.9. The largest absolute Gasteiger partial charge is 0.379 e. The monoisotopic (exact) mass is 481 g/mol. The van der Waals surface area contributed by atoms with Crippen molar-refractivity contribution < 1.29 is 4.74 Å². The fraction of sp³-hybridized carbons (Fsp3) is 0.947. The van der Waals surface area contributed by atoms with Gasteiger partial charge in [0.2, 0.25) is 0 Å². The molecule has 1 aliphatic heterocycles. The molecule has 0 aromatic rings. The average molecular weight is 481 g/mol. The van der Waals surface area contributed by atoms with E-state index in [-0.39, 0.29) is 24.0 Å². The van der Waals surface area contributed by atoms with Crippen LogP contribution in [0.3, 0.4) is 0 Å². The van der Waals surface area contributed by atoms with E-state index in [9.17, 15) is 0 Å². The first kappa shape index (κ1) is 23.9. The molecule has 1 saturated carbocycles. The summed E-state index contributed by atoms with van der Waals surface area (Å²) in [6, 6.07) is 1.24. The van der Waals surface area contributed by atoms with Crippen molar-refractivity contribution in [3.63, 3.8) is 0 Å². The van der Waals surface area contributed by atoms with Crippen molar-refractivity contribution in [3.8, 4) is 0 Å². The van der Waals surface area contributed by atoms with Crippen LogP contribution in [0.15, 0.2) is 4.99 Å². The zero-order valence-electron chi connectivity index (χ0n) is 17.0. The maximum Gasteiger partial charge on any atom is 0.191 e. The maximum absolute atomic E-state index is 5.43. The van der Waals surface area contributed by atoms with E-state index in [1.54, 1.807) is 0 Å². The summed E-state index contributed by atoms with van der Waals surface area (Å²) in [5.41, 5.74) is 0. The first-order chi connectivity index (χ1) is 12.2. The number of nitrogens with zero attached hydrogens (tertiary/aromatic N) is 3. The van der Waals surface area contributed by atoms with Gasteiger partial charge >= 0.3 is 0 Å². The minimum atomic E-state index is 0. The van der Waals surface area contributed by atoms with Gasteiger partial charge in [-0.1, -0.05) is 19.3 Å². The molecule has 1 atom stereocenters. The van der Waals surface area contributed by atoms with Gasteiger partial charge < -0.3 is 20.3 Å². The lowest BCUT2D eigenvalue weighted by molar-refractivity contribution is 0.0220. The van der Waals surface area contributed by atoms with Gasteiger partial charge in [0.1, 0.15) is 0 Å². The molecule has 0 bridgehead atoms. The molecule has 1 heterocycles. The van der Waals surface area contributed by atoms with Crippen LogP contribution in [0.4, 0.5) is 0 Å². The second-order valence-corrected chi connectivity index (χ2v) is 7.42. The molecular weight excluding hydrogens is 441 g/mol. The van der Waals surface area contributed by atoms with Gasteiger partial charge in [0, 0.05) is 44.8 Å². The fourth-order valence-corrected chi connectivity index (χ4v) is 3.75. The number of rotatable bonds is 8. The van der Waals surface area contributed by atoms with E-state index in [2.05, 4.69) is 41.3 Å². The second kappa shape index (κ2) is 14.0. The van der Waals surface area contributed by atoms with Crippen LogP contribution in [0, 0.1) is 0 Å². The van der Waals surface area contributed by atoms with Crippen LogP contribution in [-0.4, -0.2) is 87.4 Å². The Labute approximate surface area is 177 Å². The van der Waals surface area contributed by atoms with Gasteiger partial charge in [-0.15, -0.1) is 24.0 Å². The number of ether oxygens (including phenoxy) is 1. The highest BCUT2D eigenvalue weighted by Crippen LogP contribution is 2.21. The number of morpholine rings is 1. The average Bonchev–Trinajstić information content (AvgIpc) is 2.67. The van der Waals surface area contributed by atoms with Crippen molar-refractivity contribution in [1.82, 2.24) is 20.4 Å². The van der Waals surface area contributed by atoms with Gasteiger partial charge in [0.05, 0.1) is 19.8 Å². The lowest BCUT2D eigenvalue weighted by Crippen LogP contribution is -2.45.